The maximum absolute atomic E-state index is 2.30. The van der Waals surface area contributed by atoms with Gasteiger partial charge in [0, 0.05) is 0 Å². The molecular weight excluding hydrogens is 204 g/mol. The average Bonchev–Trinajstić information content (AvgIpc) is 2.61. The fourth-order valence-corrected chi connectivity index (χ4v) is 0.250. The Morgan fingerprint density at radius 3 is 0.941 bits per heavy atom. The predicted molar refractivity (Wildman–Crippen MR) is 84.6 cm³/mol. The molecule has 17 heavy (non-hydrogen) atoms. The highest BCUT2D eigenvalue weighted by atomic mass is 14.4. The van der Waals surface area contributed by atoms with Crippen LogP contribution in [0.1, 0.15) is 95.4 Å². The van der Waals surface area contributed by atoms with E-state index in [9.17, 15) is 0 Å². The maximum Gasteiger partial charge on any atom is -0.0354 e. The molecule has 0 atom stereocenters. The molecule has 108 valence electrons. The standard InChI is InChI=1S/C5H10.C5H12.C4H10.C3H8/c1-5(2)3-4-5;1-5(2,3)4;1-4(2)3;1-3-2/h3-4H2,1-2H3;1-4H3;4H,1-3H3;3H2,1-2H3. The second-order valence-corrected chi connectivity index (χ2v) is 8.10. The molecule has 0 heteroatoms. The molecule has 0 aromatic carbocycles. The van der Waals surface area contributed by atoms with Gasteiger partial charge in [0.1, 0.15) is 0 Å². The molecule has 0 aliphatic heterocycles. The first-order chi connectivity index (χ1) is 7.35. The third-order valence-electron chi connectivity index (χ3n) is 1.25. The van der Waals surface area contributed by atoms with Crippen LogP contribution in [0.3, 0.4) is 0 Å². The van der Waals surface area contributed by atoms with Crippen LogP contribution in [0.2, 0.25) is 0 Å². The molecule has 1 saturated carbocycles. The minimum atomic E-state index is 0.500. The lowest BCUT2D eigenvalue weighted by atomic mass is 10.0. The van der Waals surface area contributed by atoms with Crippen LogP contribution in [0.25, 0.3) is 0 Å². The number of hydrogen-bond donors (Lipinski definition) is 0. The summed E-state index contributed by atoms with van der Waals surface area (Å²) < 4.78 is 0. The molecule has 0 heterocycles. The average molecular weight is 245 g/mol. The van der Waals surface area contributed by atoms with Crippen LogP contribution in [0, 0.1) is 16.7 Å². The molecule has 0 saturated heterocycles. The second kappa shape index (κ2) is 11.1. The van der Waals surface area contributed by atoms with Gasteiger partial charge in [-0.25, -0.2) is 0 Å². The number of hydrogen-bond acceptors (Lipinski definition) is 0. The zero-order valence-electron chi connectivity index (χ0n) is 14.7. The van der Waals surface area contributed by atoms with Gasteiger partial charge in [-0.3, -0.25) is 0 Å². The van der Waals surface area contributed by atoms with Gasteiger partial charge in [0.25, 0.3) is 0 Å². The first kappa shape index (κ1) is 22.2. The van der Waals surface area contributed by atoms with E-state index in [0.29, 0.717) is 5.41 Å². The van der Waals surface area contributed by atoms with Crippen LogP contribution in [0.5, 0.6) is 0 Å². The summed E-state index contributed by atoms with van der Waals surface area (Å²) in [5.74, 6) is 0.833. The summed E-state index contributed by atoms with van der Waals surface area (Å²) in [4.78, 5) is 0. The third kappa shape index (κ3) is 125. The molecule has 0 aromatic rings. The highest BCUT2D eigenvalue weighted by Crippen LogP contribution is 2.43. The third-order valence-corrected chi connectivity index (χ3v) is 1.25. The van der Waals surface area contributed by atoms with Crippen LogP contribution in [0.4, 0.5) is 0 Å². The highest BCUT2D eigenvalue weighted by molar-refractivity contribution is 4.82. The Balaban J connectivity index is -0.000000157. The Morgan fingerprint density at radius 1 is 0.882 bits per heavy atom. The van der Waals surface area contributed by atoms with Crippen molar-refractivity contribution in [3.05, 3.63) is 0 Å². The SMILES string of the molecule is CC(C)(C)C.CC(C)C.CC1(C)CC1.CCC. The molecule has 0 unspecified atom stereocenters. The van der Waals surface area contributed by atoms with Crippen molar-refractivity contribution >= 4 is 0 Å². The van der Waals surface area contributed by atoms with Crippen molar-refractivity contribution < 1.29 is 0 Å². The molecule has 0 bridgehead atoms. The van der Waals surface area contributed by atoms with Crippen molar-refractivity contribution in [1.82, 2.24) is 0 Å². The monoisotopic (exact) mass is 244 g/mol. The molecular formula is C17H40. The zero-order chi connectivity index (χ0) is 14.7. The fraction of sp³-hybridized carbons (Fsp3) is 1.00. The van der Waals surface area contributed by atoms with Crippen molar-refractivity contribution in [2.24, 2.45) is 16.7 Å². The van der Waals surface area contributed by atoms with Crippen molar-refractivity contribution in [1.29, 1.82) is 0 Å². The summed E-state index contributed by atoms with van der Waals surface area (Å²) in [5.41, 5.74) is 1.25. The molecule has 1 aliphatic rings. The first-order valence-corrected chi connectivity index (χ1v) is 7.35. The summed E-state index contributed by atoms with van der Waals surface area (Å²) in [5, 5.41) is 0. The summed E-state index contributed by atoms with van der Waals surface area (Å²) in [6.07, 6.45) is 4.15. The lowest BCUT2D eigenvalue weighted by Crippen LogP contribution is -1.93. The van der Waals surface area contributed by atoms with E-state index in [-0.39, 0.29) is 0 Å². The van der Waals surface area contributed by atoms with Crippen LogP contribution in [-0.4, -0.2) is 0 Å². The molecule has 1 aliphatic carbocycles. The van der Waals surface area contributed by atoms with Gasteiger partial charge < -0.3 is 0 Å². The van der Waals surface area contributed by atoms with Gasteiger partial charge >= 0.3 is 0 Å². The van der Waals surface area contributed by atoms with Crippen molar-refractivity contribution in [2.75, 3.05) is 0 Å². The van der Waals surface area contributed by atoms with Gasteiger partial charge in [0.2, 0.25) is 0 Å². The summed E-state index contributed by atoms with van der Waals surface area (Å²) in [7, 11) is 0. The lowest BCUT2D eigenvalue weighted by Gasteiger charge is -2.05. The Morgan fingerprint density at radius 2 is 0.941 bits per heavy atom. The van der Waals surface area contributed by atoms with E-state index in [1.54, 1.807) is 0 Å². The molecule has 0 N–H and O–H groups in total. The minimum Gasteiger partial charge on any atom is -0.0656 e. The van der Waals surface area contributed by atoms with Gasteiger partial charge in [0.05, 0.1) is 0 Å². The van der Waals surface area contributed by atoms with Gasteiger partial charge in [-0.2, -0.15) is 0 Å². The Bertz CT molecular complexity index is 116. The van der Waals surface area contributed by atoms with E-state index in [1.807, 2.05) is 0 Å². The summed E-state index contributed by atoms with van der Waals surface area (Å²) >= 11 is 0. The summed E-state index contributed by atoms with van der Waals surface area (Å²) in [6.45, 7) is 24.1. The van der Waals surface area contributed by atoms with Gasteiger partial charge in [-0.15, -0.1) is 0 Å². The van der Waals surface area contributed by atoms with E-state index in [4.69, 9.17) is 0 Å². The molecule has 0 amide bonds. The Kier molecular flexibility index (Phi) is 14.5. The lowest BCUT2D eigenvalue weighted by molar-refractivity contribution is 0.469. The van der Waals surface area contributed by atoms with Crippen LogP contribution in [-0.2, 0) is 0 Å². The molecule has 0 radical (unpaired) electrons. The Labute approximate surface area is 113 Å². The molecule has 0 nitrogen and oxygen atoms in total. The highest BCUT2D eigenvalue weighted by Gasteiger charge is 2.30. The van der Waals surface area contributed by atoms with E-state index in [2.05, 4.69) is 76.2 Å². The zero-order valence-corrected chi connectivity index (χ0v) is 14.7. The topological polar surface area (TPSA) is 0 Å². The van der Waals surface area contributed by atoms with Crippen LogP contribution in [0.15, 0.2) is 0 Å². The van der Waals surface area contributed by atoms with Crippen molar-refractivity contribution in [3.63, 3.8) is 0 Å². The predicted octanol–water partition coefficient (Wildman–Crippen LogP) is 6.94. The molecule has 0 aromatic heterocycles. The quantitative estimate of drug-likeness (QED) is 0.433. The van der Waals surface area contributed by atoms with Gasteiger partial charge in [-0.05, 0) is 29.6 Å². The normalized spacial score (nSPS) is 15.5. The molecule has 1 rings (SSSR count). The van der Waals surface area contributed by atoms with Gasteiger partial charge in [-0.1, -0.05) is 82.6 Å². The smallest absolute Gasteiger partial charge is 0.0354 e. The van der Waals surface area contributed by atoms with Crippen LogP contribution < -0.4 is 0 Å². The van der Waals surface area contributed by atoms with E-state index < -0.39 is 0 Å². The first-order valence-electron chi connectivity index (χ1n) is 7.35. The summed E-state index contributed by atoms with van der Waals surface area (Å²) in [6, 6.07) is 0. The van der Waals surface area contributed by atoms with Gasteiger partial charge in [0.15, 0.2) is 0 Å². The second-order valence-electron chi connectivity index (χ2n) is 8.10. The minimum absolute atomic E-state index is 0.500. The van der Waals surface area contributed by atoms with E-state index >= 15 is 0 Å². The molecule has 0 spiro atoms. The van der Waals surface area contributed by atoms with Crippen LogP contribution >= 0.6 is 0 Å². The fourth-order valence-electron chi connectivity index (χ4n) is 0.250. The largest absolute Gasteiger partial charge is 0.0656 e. The molecule has 1 fully saturated rings. The van der Waals surface area contributed by atoms with E-state index in [1.165, 1.54) is 19.3 Å². The number of rotatable bonds is 0. The van der Waals surface area contributed by atoms with E-state index in [0.717, 1.165) is 11.3 Å². The Hall–Kier alpha value is 0. The van der Waals surface area contributed by atoms with Crippen molar-refractivity contribution in [3.8, 4) is 0 Å². The maximum atomic E-state index is 2.30. The van der Waals surface area contributed by atoms with Crippen molar-refractivity contribution in [2.45, 2.75) is 95.4 Å².